The number of nitrogens with zero attached hydrogens (tertiary/aromatic N) is 1. The average molecular weight is 304 g/mol. The van der Waals surface area contributed by atoms with Crippen molar-refractivity contribution in [2.24, 2.45) is 5.92 Å². The molecule has 1 unspecified atom stereocenters. The van der Waals surface area contributed by atoms with E-state index in [0.717, 1.165) is 43.8 Å². The van der Waals surface area contributed by atoms with Crippen LogP contribution in [0.1, 0.15) is 38.7 Å². The lowest BCUT2D eigenvalue weighted by Gasteiger charge is -2.17. The third-order valence-corrected chi connectivity index (χ3v) is 4.21. The highest BCUT2D eigenvalue weighted by Gasteiger charge is 2.26. The molecular weight excluding hydrogens is 276 g/mol. The summed E-state index contributed by atoms with van der Waals surface area (Å²) in [6.07, 6.45) is 3.48. The first-order chi connectivity index (χ1) is 10.6. The van der Waals surface area contributed by atoms with E-state index >= 15 is 0 Å². The van der Waals surface area contributed by atoms with Gasteiger partial charge in [0.15, 0.2) is 0 Å². The zero-order valence-electron chi connectivity index (χ0n) is 13.8. The van der Waals surface area contributed by atoms with Gasteiger partial charge in [-0.15, -0.1) is 0 Å². The molecule has 1 amide bonds. The maximum Gasteiger partial charge on any atom is 0.222 e. The summed E-state index contributed by atoms with van der Waals surface area (Å²) in [5, 5.41) is 0. The Kier molecular flexibility index (Phi) is 6.25. The third-order valence-electron chi connectivity index (χ3n) is 4.21. The number of para-hydroxylation sites is 1. The van der Waals surface area contributed by atoms with Gasteiger partial charge in [-0.1, -0.05) is 32.0 Å². The summed E-state index contributed by atoms with van der Waals surface area (Å²) >= 11 is 0. The highest BCUT2D eigenvalue weighted by molar-refractivity contribution is 5.77. The second-order valence-corrected chi connectivity index (χ2v) is 6.50. The van der Waals surface area contributed by atoms with E-state index in [1.165, 1.54) is 0 Å². The lowest BCUT2D eigenvalue weighted by atomic mass is 10.1. The number of carbonyl (C=O) groups is 1. The lowest BCUT2D eigenvalue weighted by molar-refractivity contribution is -0.130. The molecule has 1 fully saturated rings. The van der Waals surface area contributed by atoms with Gasteiger partial charge in [-0.25, -0.2) is 0 Å². The van der Waals surface area contributed by atoms with Gasteiger partial charge < -0.3 is 15.4 Å². The predicted molar refractivity (Wildman–Crippen MR) is 89.6 cm³/mol. The number of hydrogen-bond acceptors (Lipinski definition) is 3. The topological polar surface area (TPSA) is 55.6 Å². The molecule has 1 aromatic carbocycles. The standard InChI is InChI=1S/C18H28N2O2/c1-14(2)10-12-22-16-9-11-20(13-16)18(21)8-7-15-5-3-4-6-17(15)19/h3-6,14,16H,7-13,19H2,1-2H3. The van der Waals surface area contributed by atoms with Gasteiger partial charge in [-0.05, 0) is 36.8 Å². The highest BCUT2D eigenvalue weighted by Crippen LogP contribution is 2.17. The van der Waals surface area contributed by atoms with Gasteiger partial charge in [0.1, 0.15) is 0 Å². The fourth-order valence-electron chi connectivity index (χ4n) is 2.72. The Morgan fingerprint density at radius 3 is 2.91 bits per heavy atom. The van der Waals surface area contributed by atoms with Gasteiger partial charge in [0.05, 0.1) is 6.10 Å². The zero-order chi connectivity index (χ0) is 15.9. The van der Waals surface area contributed by atoms with E-state index < -0.39 is 0 Å². The Hall–Kier alpha value is -1.55. The van der Waals surface area contributed by atoms with E-state index in [1.54, 1.807) is 0 Å². The average Bonchev–Trinajstić information content (AvgIpc) is 2.94. The molecule has 1 heterocycles. The summed E-state index contributed by atoms with van der Waals surface area (Å²) in [5.74, 6) is 0.869. The van der Waals surface area contributed by atoms with Crippen LogP contribution < -0.4 is 5.73 Å². The summed E-state index contributed by atoms with van der Waals surface area (Å²) < 4.78 is 5.86. The summed E-state index contributed by atoms with van der Waals surface area (Å²) in [7, 11) is 0. The molecular formula is C18H28N2O2. The van der Waals surface area contributed by atoms with Gasteiger partial charge in [-0.2, -0.15) is 0 Å². The zero-order valence-corrected chi connectivity index (χ0v) is 13.8. The fourth-order valence-corrected chi connectivity index (χ4v) is 2.72. The van der Waals surface area contributed by atoms with E-state index in [2.05, 4.69) is 13.8 Å². The molecule has 4 heteroatoms. The Bertz CT molecular complexity index is 488. The molecule has 1 aliphatic heterocycles. The van der Waals surface area contributed by atoms with Crippen LogP contribution in [0.5, 0.6) is 0 Å². The van der Waals surface area contributed by atoms with Gasteiger partial charge in [0, 0.05) is 31.8 Å². The van der Waals surface area contributed by atoms with Crippen molar-refractivity contribution in [1.29, 1.82) is 0 Å². The lowest BCUT2D eigenvalue weighted by Crippen LogP contribution is -2.30. The number of nitrogen functional groups attached to an aromatic ring is 1. The van der Waals surface area contributed by atoms with Crippen molar-refractivity contribution in [3.05, 3.63) is 29.8 Å². The number of carbonyl (C=O) groups excluding carboxylic acids is 1. The van der Waals surface area contributed by atoms with E-state index in [4.69, 9.17) is 10.5 Å². The first-order valence-corrected chi connectivity index (χ1v) is 8.29. The van der Waals surface area contributed by atoms with Crippen LogP contribution in [0.25, 0.3) is 0 Å². The van der Waals surface area contributed by atoms with Crippen molar-refractivity contribution < 1.29 is 9.53 Å². The second-order valence-electron chi connectivity index (χ2n) is 6.50. The summed E-state index contributed by atoms with van der Waals surface area (Å²) in [5.41, 5.74) is 7.74. The number of ether oxygens (including phenoxy) is 1. The number of likely N-dealkylation sites (tertiary alicyclic amines) is 1. The number of nitrogens with two attached hydrogens (primary N) is 1. The molecule has 22 heavy (non-hydrogen) atoms. The normalized spacial score (nSPS) is 18.1. The van der Waals surface area contributed by atoms with Crippen molar-refractivity contribution in [2.75, 3.05) is 25.4 Å². The van der Waals surface area contributed by atoms with Gasteiger partial charge in [0.25, 0.3) is 0 Å². The van der Waals surface area contributed by atoms with Crippen LogP contribution in [0.2, 0.25) is 0 Å². The Morgan fingerprint density at radius 1 is 1.41 bits per heavy atom. The van der Waals surface area contributed by atoms with Gasteiger partial charge in [-0.3, -0.25) is 4.79 Å². The van der Waals surface area contributed by atoms with Crippen molar-refractivity contribution in [1.82, 2.24) is 4.90 Å². The monoisotopic (exact) mass is 304 g/mol. The van der Waals surface area contributed by atoms with Crippen LogP contribution in [-0.4, -0.2) is 36.6 Å². The van der Waals surface area contributed by atoms with Crippen LogP contribution >= 0.6 is 0 Å². The second kappa shape index (κ2) is 8.18. The maximum atomic E-state index is 12.3. The predicted octanol–water partition coefficient (Wildman–Crippen LogP) is 2.87. The van der Waals surface area contributed by atoms with Gasteiger partial charge >= 0.3 is 0 Å². The minimum absolute atomic E-state index is 0.207. The molecule has 0 bridgehead atoms. The maximum absolute atomic E-state index is 12.3. The summed E-state index contributed by atoms with van der Waals surface area (Å²) in [6.45, 7) is 6.74. The fraction of sp³-hybridized carbons (Fsp3) is 0.611. The molecule has 1 aliphatic rings. The molecule has 0 radical (unpaired) electrons. The van der Waals surface area contributed by atoms with E-state index in [-0.39, 0.29) is 12.0 Å². The molecule has 1 aromatic rings. The molecule has 122 valence electrons. The summed E-state index contributed by atoms with van der Waals surface area (Å²) in [6, 6.07) is 7.75. The van der Waals surface area contributed by atoms with Crippen LogP contribution in [-0.2, 0) is 16.0 Å². The quantitative estimate of drug-likeness (QED) is 0.788. The van der Waals surface area contributed by atoms with Crippen molar-refractivity contribution in [2.45, 2.75) is 45.6 Å². The summed E-state index contributed by atoms with van der Waals surface area (Å²) in [4.78, 5) is 14.2. The molecule has 0 saturated carbocycles. The molecule has 0 aliphatic carbocycles. The minimum Gasteiger partial charge on any atom is -0.399 e. The van der Waals surface area contributed by atoms with E-state index in [0.29, 0.717) is 18.8 Å². The number of aryl methyl sites for hydroxylation is 1. The Morgan fingerprint density at radius 2 is 2.18 bits per heavy atom. The SMILES string of the molecule is CC(C)CCOC1CCN(C(=O)CCc2ccccc2N)C1. The van der Waals surface area contributed by atoms with Crippen LogP contribution in [0, 0.1) is 5.92 Å². The number of rotatable bonds is 7. The van der Waals surface area contributed by atoms with E-state index in [9.17, 15) is 4.79 Å². The minimum atomic E-state index is 0.207. The van der Waals surface area contributed by atoms with Crippen molar-refractivity contribution in [3.63, 3.8) is 0 Å². The van der Waals surface area contributed by atoms with Crippen LogP contribution in [0.15, 0.2) is 24.3 Å². The van der Waals surface area contributed by atoms with Crippen molar-refractivity contribution in [3.8, 4) is 0 Å². The molecule has 4 nitrogen and oxygen atoms in total. The van der Waals surface area contributed by atoms with Crippen molar-refractivity contribution >= 4 is 11.6 Å². The van der Waals surface area contributed by atoms with Crippen LogP contribution in [0.4, 0.5) is 5.69 Å². The molecule has 0 spiro atoms. The number of hydrogen-bond donors (Lipinski definition) is 1. The first-order valence-electron chi connectivity index (χ1n) is 8.29. The smallest absolute Gasteiger partial charge is 0.222 e. The largest absolute Gasteiger partial charge is 0.399 e. The van der Waals surface area contributed by atoms with E-state index in [1.807, 2.05) is 29.2 Å². The molecule has 1 saturated heterocycles. The van der Waals surface area contributed by atoms with Crippen LogP contribution in [0.3, 0.4) is 0 Å². The Labute approximate surface area is 133 Å². The molecule has 1 atom stereocenters. The number of benzene rings is 1. The molecule has 2 N–H and O–H groups in total. The Balaban J connectivity index is 1.71. The number of anilines is 1. The highest BCUT2D eigenvalue weighted by atomic mass is 16.5. The third kappa shape index (κ3) is 5.02. The molecule has 0 aromatic heterocycles. The first kappa shape index (κ1) is 16.8. The number of amides is 1. The van der Waals surface area contributed by atoms with Gasteiger partial charge in [0.2, 0.25) is 5.91 Å². The molecule has 2 rings (SSSR count).